The molecule has 0 spiro atoms. The van der Waals surface area contributed by atoms with E-state index in [1.54, 1.807) is 12.2 Å². The second-order valence-electron chi connectivity index (χ2n) is 14.7. The molecule has 6 N–H and O–H groups in total. The lowest BCUT2D eigenvalue weighted by Crippen LogP contribution is -2.44. The van der Waals surface area contributed by atoms with Crippen LogP contribution in [-0.2, 0) is 28.6 Å². The normalized spacial score (nSPS) is 17.3. The highest BCUT2D eigenvalue weighted by molar-refractivity contribution is 5.97. The third-order valence-corrected chi connectivity index (χ3v) is 10.1. The maximum absolute atomic E-state index is 12.1. The summed E-state index contributed by atoms with van der Waals surface area (Å²) in [6, 6.07) is 9.92. The highest BCUT2D eigenvalue weighted by Crippen LogP contribution is 2.31. The number of ether oxygens (including phenoxy) is 3. The van der Waals surface area contributed by atoms with Crippen LogP contribution in [0.25, 0.3) is 0 Å². The number of rotatable bonds is 18. The summed E-state index contributed by atoms with van der Waals surface area (Å²) in [6.07, 6.45) is 18.9. The Morgan fingerprint density at radius 1 is 0.754 bits per heavy atom. The fourth-order valence-electron chi connectivity index (χ4n) is 6.78. The molecule has 2 aliphatic rings. The SMILES string of the molecule is C/C=C\C(=N)C(OC(C)=O)C(N)CCCC.CC.CC.CC.CC.CC(=O)OC(c1ccccc1)C1CCCCN1.CCCCC(N)C(OC(=O)C(C)CC)C1CCCCC1. The number of carbonyl (C=O) groups is 3. The van der Waals surface area contributed by atoms with Gasteiger partial charge in [0.1, 0.15) is 12.2 Å². The van der Waals surface area contributed by atoms with E-state index < -0.39 is 12.1 Å². The van der Waals surface area contributed by atoms with Gasteiger partial charge in [0.2, 0.25) is 0 Å². The van der Waals surface area contributed by atoms with Gasteiger partial charge in [0.25, 0.3) is 0 Å². The summed E-state index contributed by atoms with van der Waals surface area (Å²) >= 11 is 0. The molecule has 7 atom stereocenters. The van der Waals surface area contributed by atoms with Crippen LogP contribution in [0.5, 0.6) is 0 Å². The Kier molecular flexibility index (Phi) is 47.6. The van der Waals surface area contributed by atoms with Gasteiger partial charge in [-0.3, -0.25) is 14.4 Å². The Labute approximate surface area is 376 Å². The van der Waals surface area contributed by atoms with Crippen molar-refractivity contribution in [3.05, 3.63) is 48.0 Å². The van der Waals surface area contributed by atoms with Crippen molar-refractivity contribution in [2.45, 2.75) is 237 Å². The van der Waals surface area contributed by atoms with Gasteiger partial charge in [0.05, 0.1) is 11.6 Å². The molecule has 1 aliphatic carbocycles. The molecule has 7 unspecified atom stereocenters. The minimum atomic E-state index is -0.625. The minimum Gasteiger partial charge on any atom is -0.460 e. The van der Waals surface area contributed by atoms with E-state index in [2.05, 4.69) is 19.2 Å². The van der Waals surface area contributed by atoms with E-state index in [1.165, 1.54) is 46.0 Å². The highest BCUT2D eigenvalue weighted by atomic mass is 16.6. The zero-order valence-corrected chi connectivity index (χ0v) is 42.1. The van der Waals surface area contributed by atoms with E-state index in [0.29, 0.717) is 5.92 Å². The van der Waals surface area contributed by atoms with Gasteiger partial charge in [0, 0.05) is 32.0 Å². The van der Waals surface area contributed by atoms with E-state index >= 15 is 0 Å². The van der Waals surface area contributed by atoms with Crippen molar-refractivity contribution in [3.8, 4) is 0 Å². The number of esters is 3. The number of carbonyl (C=O) groups excluding carboxylic acids is 3. The monoisotopic (exact) mass is 863 g/mol. The van der Waals surface area contributed by atoms with Crippen LogP contribution in [0.1, 0.15) is 212 Å². The molecule has 0 aromatic heterocycles. The molecule has 1 heterocycles. The average Bonchev–Trinajstić information content (AvgIpc) is 3.31. The molecule has 1 saturated carbocycles. The standard InChI is InChI=1S/C17H33NO2.C14H19NO2.C12H22N2O2.4C2H6/c1-4-6-12-15(18)16(14-10-8-7-9-11-14)20-17(19)13(3)5-2;1-11(16)17-14(12-7-3-2-4-8-12)13-9-5-6-10-15-13;1-4-6-8-11(14)12(16-9(3)15)10(13)7-5-2;4*1-2/h13-16H,4-12,18H2,1-3H3;2-4,7-8,13-15H,5-6,9-10H2,1H3;5,7,11-13H,4,6,8,14H2,1-3H3;4*1-2H3/b;;7-5-,13-10?;;;;. The van der Waals surface area contributed by atoms with Crippen LogP contribution in [-0.4, -0.2) is 60.5 Å². The molecule has 0 radical (unpaired) electrons. The number of allylic oxidation sites excluding steroid dienone is 1. The number of nitrogens with two attached hydrogens (primary N) is 2. The molecule has 1 saturated heterocycles. The number of unbranched alkanes of at least 4 members (excludes halogenated alkanes) is 2. The zero-order chi connectivity index (χ0) is 47.6. The molecule has 10 heteroatoms. The van der Waals surface area contributed by atoms with Gasteiger partial charge in [-0.2, -0.15) is 0 Å². The van der Waals surface area contributed by atoms with Crippen molar-refractivity contribution >= 4 is 23.6 Å². The molecule has 0 amide bonds. The van der Waals surface area contributed by atoms with Gasteiger partial charge in [-0.15, -0.1) is 0 Å². The molecular weight excluding hydrogens is 765 g/mol. The molecule has 1 aromatic rings. The van der Waals surface area contributed by atoms with Gasteiger partial charge in [-0.05, 0) is 76.0 Å². The Morgan fingerprint density at radius 2 is 1.26 bits per heavy atom. The van der Waals surface area contributed by atoms with Crippen molar-refractivity contribution in [2.24, 2.45) is 23.3 Å². The lowest BCUT2D eigenvalue weighted by atomic mass is 9.81. The number of nitrogens with one attached hydrogen (secondary N) is 2. The molecule has 61 heavy (non-hydrogen) atoms. The first-order valence-corrected chi connectivity index (χ1v) is 24.4. The van der Waals surface area contributed by atoms with Crippen LogP contribution in [0, 0.1) is 17.2 Å². The van der Waals surface area contributed by atoms with Crippen LogP contribution in [0.4, 0.5) is 0 Å². The molecule has 2 fully saturated rings. The zero-order valence-electron chi connectivity index (χ0n) is 42.1. The van der Waals surface area contributed by atoms with E-state index in [-0.39, 0.29) is 53.9 Å². The molecule has 358 valence electrons. The summed E-state index contributed by atoms with van der Waals surface area (Å²) in [5, 5.41) is 11.2. The minimum absolute atomic E-state index is 0.00561. The largest absolute Gasteiger partial charge is 0.460 e. The lowest BCUT2D eigenvalue weighted by Gasteiger charge is -2.34. The summed E-state index contributed by atoms with van der Waals surface area (Å²) in [5.41, 5.74) is 13.6. The van der Waals surface area contributed by atoms with Gasteiger partial charge in [-0.25, -0.2) is 0 Å². The summed E-state index contributed by atoms with van der Waals surface area (Å²) in [7, 11) is 0. The van der Waals surface area contributed by atoms with Crippen molar-refractivity contribution in [1.82, 2.24) is 5.32 Å². The van der Waals surface area contributed by atoms with Gasteiger partial charge in [-0.1, -0.05) is 171 Å². The third-order valence-electron chi connectivity index (χ3n) is 10.1. The second-order valence-corrected chi connectivity index (χ2v) is 14.7. The maximum Gasteiger partial charge on any atom is 0.308 e. The molecule has 3 rings (SSSR count). The average molecular weight is 863 g/mol. The van der Waals surface area contributed by atoms with Crippen molar-refractivity contribution < 1.29 is 28.6 Å². The summed E-state index contributed by atoms with van der Waals surface area (Å²) in [6.45, 7) is 29.8. The predicted octanol–water partition coefficient (Wildman–Crippen LogP) is 12.6. The molecular formula is C51H98N4O6. The lowest BCUT2D eigenvalue weighted by molar-refractivity contribution is -0.158. The smallest absolute Gasteiger partial charge is 0.308 e. The van der Waals surface area contributed by atoms with E-state index in [4.69, 9.17) is 31.1 Å². The van der Waals surface area contributed by atoms with Gasteiger partial charge >= 0.3 is 17.9 Å². The van der Waals surface area contributed by atoms with Crippen LogP contribution in [0.3, 0.4) is 0 Å². The summed E-state index contributed by atoms with van der Waals surface area (Å²) in [4.78, 5) is 34.3. The first-order chi connectivity index (χ1) is 29.4. The topological polar surface area (TPSA) is 167 Å². The fourth-order valence-corrected chi connectivity index (χ4v) is 6.78. The Bertz CT molecular complexity index is 1180. The van der Waals surface area contributed by atoms with Crippen molar-refractivity contribution in [1.29, 1.82) is 5.41 Å². The van der Waals surface area contributed by atoms with E-state index in [0.717, 1.165) is 76.3 Å². The van der Waals surface area contributed by atoms with Crippen molar-refractivity contribution in [2.75, 3.05) is 6.54 Å². The molecule has 10 nitrogen and oxygen atoms in total. The van der Waals surface area contributed by atoms with Crippen molar-refractivity contribution in [3.63, 3.8) is 0 Å². The highest BCUT2D eigenvalue weighted by Gasteiger charge is 2.32. The van der Waals surface area contributed by atoms with E-state index in [9.17, 15) is 14.4 Å². The number of piperidine rings is 1. The predicted molar refractivity (Wildman–Crippen MR) is 261 cm³/mol. The molecule has 0 bridgehead atoms. The van der Waals surface area contributed by atoms with Crippen LogP contribution in [0.2, 0.25) is 0 Å². The number of hydrogen-bond acceptors (Lipinski definition) is 10. The summed E-state index contributed by atoms with van der Waals surface area (Å²) < 4.78 is 16.4. The first kappa shape index (κ1) is 64.5. The van der Waals surface area contributed by atoms with Gasteiger partial charge < -0.3 is 36.4 Å². The first-order valence-electron chi connectivity index (χ1n) is 24.4. The molecule has 1 aromatic carbocycles. The Balaban J connectivity index is -0.000000370. The molecule has 1 aliphatic heterocycles. The van der Waals surface area contributed by atoms with Crippen LogP contribution < -0.4 is 16.8 Å². The third kappa shape index (κ3) is 31.4. The maximum atomic E-state index is 12.1. The Hall–Kier alpha value is -3.08. The van der Waals surface area contributed by atoms with E-state index in [1.807, 2.05) is 106 Å². The quantitative estimate of drug-likeness (QED) is 0.0638. The van der Waals surface area contributed by atoms with Gasteiger partial charge in [0.15, 0.2) is 6.10 Å². The van der Waals surface area contributed by atoms with Crippen LogP contribution >= 0.6 is 0 Å². The Morgan fingerprint density at radius 3 is 1.70 bits per heavy atom. The number of benzene rings is 1. The second kappa shape index (κ2) is 45.0. The summed E-state index contributed by atoms with van der Waals surface area (Å²) in [5.74, 6) is -0.212. The fraction of sp³-hybridized carbons (Fsp3) is 0.765. The van der Waals surface area contributed by atoms with Crippen LogP contribution in [0.15, 0.2) is 42.5 Å². The number of hydrogen-bond donors (Lipinski definition) is 4.